The Morgan fingerprint density at radius 1 is 0.720 bits per heavy atom. The molecule has 0 N–H and O–H groups in total. The van der Waals surface area contributed by atoms with Gasteiger partial charge in [-0.1, -0.05) is 59.7 Å². The van der Waals surface area contributed by atoms with E-state index in [9.17, 15) is 0 Å². The molecule has 0 bridgehead atoms. The zero-order chi connectivity index (χ0) is 17.1. The first-order valence-corrected chi connectivity index (χ1v) is 8.82. The first-order chi connectivity index (χ1) is 12.1. The van der Waals surface area contributed by atoms with E-state index in [1.54, 1.807) is 0 Å². The van der Waals surface area contributed by atoms with Crippen molar-refractivity contribution >= 4 is 11.0 Å². The van der Waals surface area contributed by atoms with Crippen molar-refractivity contribution in [2.45, 2.75) is 27.2 Å². The van der Waals surface area contributed by atoms with E-state index in [4.69, 9.17) is 4.42 Å². The number of benzene rings is 3. The van der Waals surface area contributed by atoms with Crippen LogP contribution in [0.5, 0.6) is 0 Å². The van der Waals surface area contributed by atoms with Crippen molar-refractivity contribution in [3.63, 3.8) is 0 Å². The van der Waals surface area contributed by atoms with E-state index in [1.807, 2.05) is 0 Å². The molecule has 0 spiro atoms. The van der Waals surface area contributed by atoms with Crippen LogP contribution in [0.3, 0.4) is 0 Å². The molecule has 1 aliphatic carbocycles. The smallest absolute Gasteiger partial charge is 0.139 e. The molecule has 1 heterocycles. The number of fused-ring (bicyclic) bond motifs is 5. The summed E-state index contributed by atoms with van der Waals surface area (Å²) in [4.78, 5) is 0. The van der Waals surface area contributed by atoms with Crippen LogP contribution in [0.15, 0.2) is 59.0 Å². The predicted octanol–water partition coefficient (Wildman–Crippen LogP) is 6.60. The fraction of sp³-hybridized carbons (Fsp3) is 0.167. The van der Waals surface area contributed by atoms with Crippen molar-refractivity contribution in [3.8, 4) is 22.5 Å². The van der Waals surface area contributed by atoms with Crippen molar-refractivity contribution in [1.82, 2.24) is 0 Å². The Morgan fingerprint density at radius 2 is 1.52 bits per heavy atom. The van der Waals surface area contributed by atoms with Crippen LogP contribution in [0.2, 0.25) is 0 Å². The van der Waals surface area contributed by atoms with Crippen LogP contribution in [0.1, 0.15) is 27.8 Å². The van der Waals surface area contributed by atoms with Crippen LogP contribution < -0.4 is 0 Å². The van der Waals surface area contributed by atoms with E-state index in [1.165, 1.54) is 49.9 Å². The van der Waals surface area contributed by atoms with Gasteiger partial charge in [0.1, 0.15) is 11.3 Å². The first kappa shape index (κ1) is 14.5. The SMILES string of the molecule is Cc1cc(C)cc(-c2ccc3c(c2)Cc2c-3oc3cc(C)ccc23)c1. The van der Waals surface area contributed by atoms with Gasteiger partial charge in [0.15, 0.2) is 0 Å². The summed E-state index contributed by atoms with van der Waals surface area (Å²) in [7, 11) is 0. The highest BCUT2D eigenvalue weighted by Crippen LogP contribution is 2.44. The van der Waals surface area contributed by atoms with Gasteiger partial charge in [0.2, 0.25) is 0 Å². The molecule has 0 aliphatic heterocycles. The summed E-state index contributed by atoms with van der Waals surface area (Å²) >= 11 is 0. The first-order valence-electron chi connectivity index (χ1n) is 8.82. The summed E-state index contributed by atoms with van der Waals surface area (Å²) < 4.78 is 6.20. The quantitative estimate of drug-likeness (QED) is 0.339. The van der Waals surface area contributed by atoms with E-state index in [-0.39, 0.29) is 0 Å². The Hall–Kier alpha value is -2.80. The molecule has 0 atom stereocenters. The predicted molar refractivity (Wildman–Crippen MR) is 104 cm³/mol. The number of aryl methyl sites for hydroxylation is 3. The van der Waals surface area contributed by atoms with E-state index in [2.05, 4.69) is 75.4 Å². The molecule has 0 saturated heterocycles. The Labute approximate surface area is 147 Å². The second kappa shape index (κ2) is 5.10. The maximum atomic E-state index is 6.20. The van der Waals surface area contributed by atoms with Crippen molar-refractivity contribution in [2.75, 3.05) is 0 Å². The highest BCUT2D eigenvalue weighted by Gasteiger charge is 2.25. The summed E-state index contributed by atoms with van der Waals surface area (Å²) in [6.07, 6.45) is 0.958. The third-order valence-electron chi connectivity index (χ3n) is 5.22. The molecule has 0 amide bonds. The molecule has 1 heteroatoms. The van der Waals surface area contributed by atoms with E-state index >= 15 is 0 Å². The standard InChI is InChI=1S/C24H20O/c1-14-4-6-21-22-13-19-12-17(18-9-15(2)8-16(3)10-18)5-7-20(19)24(22)25-23(21)11-14/h4-12H,13H2,1-3H3. The molecule has 25 heavy (non-hydrogen) atoms. The molecule has 0 saturated carbocycles. The molecular weight excluding hydrogens is 304 g/mol. The minimum absolute atomic E-state index is 0.958. The monoisotopic (exact) mass is 324 g/mol. The van der Waals surface area contributed by atoms with Crippen LogP contribution in [0, 0.1) is 20.8 Å². The third-order valence-corrected chi connectivity index (χ3v) is 5.22. The second-order valence-electron chi connectivity index (χ2n) is 7.33. The maximum absolute atomic E-state index is 6.20. The van der Waals surface area contributed by atoms with E-state index in [0.717, 1.165) is 17.8 Å². The number of hydrogen-bond donors (Lipinski definition) is 0. The molecule has 0 radical (unpaired) electrons. The van der Waals surface area contributed by atoms with Gasteiger partial charge < -0.3 is 4.42 Å². The van der Waals surface area contributed by atoms with Gasteiger partial charge in [0, 0.05) is 22.9 Å². The molecule has 1 nitrogen and oxygen atoms in total. The van der Waals surface area contributed by atoms with Gasteiger partial charge in [-0.15, -0.1) is 0 Å². The van der Waals surface area contributed by atoms with Gasteiger partial charge in [0.05, 0.1) is 0 Å². The summed E-state index contributed by atoms with van der Waals surface area (Å²) in [5, 5.41) is 1.25. The molecule has 0 unspecified atom stereocenters. The van der Waals surface area contributed by atoms with Gasteiger partial charge in [-0.25, -0.2) is 0 Å². The van der Waals surface area contributed by atoms with Gasteiger partial charge in [-0.2, -0.15) is 0 Å². The summed E-state index contributed by atoms with van der Waals surface area (Å²) in [6, 6.07) is 20.0. The van der Waals surface area contributed by atoms with E-state index in [0.29, 0.717) is 0 Å². The average Bonchev–Trinajstić information content (AvgIpc) is 3.08. The van der Waals surface area contributed by atoms with Crippen molar-refractivity contribution in [3.05, 3.63) is 82.4 Å². The Balaban J connectivity index is 1.64. The largest absolute Gasteiger partial charge is 0.456 e. The Kier molecular flexibility index (Phi) is 2.96. The van der Waals surface area contributed by atoms with Gasteiger partial charge in [-0.05, 0) is 49.1 Å². The number of rotatable bonds is 1. The van der Waals surface area contributed by atoms with Crippen molar-refractivity contribution in [1.29, 1.82) is 0 Å². The normalized spacial score (nSPS) is 12.4. The third kappa shape index (κ3) is 2.23. The van der Waals surface area contributed by atoms with Crippen LogP contribution in [0.4, 0.5) is 0 Å². The van der Waals surface area contributed by atoms with Gasteiger partial charge in [0.25, 0.3) is 0 Å². The van der Waals surface area contributed by atoms with E-state index < -0.39 is 0 Å². The lowest BCUT2D eigenvalue weighted by Gasteiger charge is -2.08. The minimum atomic E-state index is 0.958. The Bertz CT molecular complexity index is 1120. The van der Waals surface area contributed by atoms with Gasteiger partial charge >= 0.3 is 0 Å². The fourth-order valence-corrected chi connectivity index (χ4v) is 4.12. The molecular formula is C24H20O. The van der Waals surface area contributed by atoms with Crippen LogP contribution in [0.25, 0.3) is 33.4 Å². The minimum Gasteiger partial charge on any atom is -0.456 e. The molecule has 1 aromatic heterocycles. The summed E-state index contributed by atoms with van der Waals surface area (Å²) in [6.45, 7) is 6.43. The van der Waals surface area contributed by atoms with Crippen molar-refractivity contribution < 1.29 is 4.42 Å². The topological polar surface area (TPSA) is 13.1 Å². The average molecular weight is 324 g/mol. The number of hydrogen-bond acceptors (Lipinski definition) is 1. The zero-order valence-corrected chi connectivity index (χ0v) is 14.8. The Morgan fingerprint density at radius 3 is 2.32 bits per heavy atom. The molecule has 122 valence electrons. The lowest BCUT2D eigenvalue weighted by molar-refractivity contribution is 0.631. The fourth-order valence-electron chi connectivity index (χ4n) is 4.12. The maximum Gasteiger partial charge on any atom is 0.139 e. The van der Waals surface area contributed by atoms with Crippen molar-refractivity contribution in [2.24, 2.45) is 0 Å². The van der Waals surface area contributed by atoms with Gasteiger partial charge in [-0.3, -0.25) is 0 Å². The molecule has 0 fully saturated rings. The summed E-state index contributed by atoms with van der Waals surface area (Å²) in [5.41, 5.74) is 11.4. The lowest BCUT2D eigenvalue weighted by atomic mass is 9.97. The highest BCUT2D eigenvalue weighted by molar-refractivity contribution is 5.92. The summed E-state index contributed by atoms with van der Waals surface area (Å²) in [5.74, 6) is 1.06. The lowest BCUT2D eigenvalue weighted by Crippen LogP contribution is -1.87. The molecule has 5 rings (SSSR count). The molecule has 1 aliphatic rings. The second-order valence-corrected chi connectivity index (χ2v) is 7.33. The zero-order valence-electron chi connectivity index (χ0n) is 14.8. The van der Waals surface area contributed by atoms with Crippen LogP contribution >= 0.6 is 0 Å². The number of furan rings is 1. The molecule has 3 aromatic carbocycles. The highest BCUT2D eigenvalue weighted by atomic mass is 16.3. The van der Waals surface area contributed by atoms with Crippen LogP contribution in [-0.4, -0.2) is 0 Å². The molecule has 4 aromatic rings. The van der Waals surface area contributed by atoms with Crippen LogP contribution in [-0.2, 0) is 6.42 Å².